The maximum atomic E-state index is 5.55. The summed E-state index contributed by atoms with van der Waals surface area (Å²) in [7, 11) is 6.39. The van der Waals surface area contributed by atoms with Crippen LogP contribution in [0.5, 0.6) is 11.5 Å². The Morgan fingerprint density at radius 3 is 2.31 bits per heavy atom. The Labute approximate surface area is 174 Å². The molecule has 1 heterocycles. The summed E-state index contributed by atoms with van der Waals surface area (Å²) in [5.74, 6) is 2.40. The van der Waals surface area contributed by atoms with Crippen molar-refractivity contribution in [2.75, 3.05) is 28.4 Å². The minimum Gasteiger partial charge on any atom is -0.497 e. The average molecular weight is 410 g/mol. The van der Waals surface area contributed by atoms with Gasteiger partial charge in [-0.25, -0.2) is 0 Å². The third-order valence-corrected chi connectivity index (χ3v) is 5.05. The van der Waals surface area contributed by atoms with Gasteiger partial charge >= 0.3 is 0 Å². The third-order valence-electron chi connectivity index (χ3n) is 4.52. The lowest BCUT2D eigenvalue weighted by Gasteiger charge is -2.14. The maximum Gasteiger partial charge on any atom is 0.127 e. The Hall–Kier alpha value is -3.32. The highest BCUT2D eigenvalue weighted by Gasteiger charge is 2.19. The number of fused-ring (bicyclic) bond motifs is 1. The second-order valence-corrected chi connectivity index (χ2v) is 6.57. The quantitative estimate of drug-likeness (QED) is 0.381. The first kappa shape index (κ1) is 20.4. The van der Waals surface area contributed by atoms with Crippen molar-refractivity contribution in [3.63, 3.8) is 0 Å². The average Bonchev–Trinajstić information content (AvgIpc) is 3.25. The Kier molecular flexibility index (Phi) is 6.19. The summed E-state index contributed by atoms with van der Waals surface area (Å²) in [5.41, 5.74) is 4.78. The van der Waals surface area contributed by atoms with Gasteiger partial charge in [-0.15, -0.1) is 0 Å². The summed E-state index contributed by atoms with van der Waals surface area (Å²) in [6, 6.07) is 9.57. The van der Waals surface area contributed by atoms with Gasteiger partial charge in [-0.2, -0.15) is 8.75 Å². The molecular formula is C22H22N2O4S. The molecule has 3 aromatic rings. The summed E-state index contributed by atoms with van der Waals surface area (Å²) in [6.07, 6.45) is 1.77. The first-order valence-electron chi connectivity index (χ1n) is 8.70. The van der Waals surface area contributed by atoms with Crippen LogP contribution in [0.2, 0.25) is 0 Å². The highest BCUT2D eigenvalue weighted by atomic mass is 32.1. The van der Waals surface area contributed by atoms with E-state index in [1.54, 1.807) is 34.5 Å². The number of nitrogens with zero attached hydrogens (tertiary/aromatic N) is 2. The Bertz CT molecular complexity index is 1100. The number of aromatic nitrogens is 2. The van der Waals surface area contributed by atoms with Crippen molar-refractivity contribution >= 4 is 28.3 Å². The van der Waals surface area contributed by atoms with Gasteiger partial charge in [0, 0.05) is 22.3 Å². The minimum absolute atomic E-state index is 0.476. The number of benzene rings is 2. The predicted molar refractivity (Wildman–Crippen MR) is 116 cm³/mol. The van der Waals surface area contributed by atoms with Gasteiger partial charge in [-0.3, -0.25) is 0 Å². The smallest absolute Gasteiger partial charge is 0.127 e. The zero-order chi connectivity index (χ0) is 21.0. The van der Waals surface area contributed by atoms with Crippen LogP contribution in [0, 0.1) is 0 Å². The van der Waals surface area contributed by atoms with Crippen molar-refractivity contribution in [2.45, 2.75) is 0 Å². The molecule has 150 valence electrons. The van der Waals surface area contributed by atoms with Crippen molar-refractivity contribution in [1.29, 1.82) is 0 Å². The SMILES string of the molecule is C=C(/C=C(\C(=C)OC)c1ccc(-c2cc(OC)ccc2OC)c2nsnc12)OC. The Morgan fingerprint density at radius 2 is 1.66 bits per heavy atom. The van der Waals surface area contributed by atoms with Gasteiger partial charge in [0.15, 0.2) is 0 Å². The molecule has 0 aliphatic rings. The number of methoxy groups -OCH3 is 4. The summed E-state index contributed by atoms with van der Waals surface area (Å²) in [5, 5.41) is 0. The van der Waals surface area contributed by atoms with Crippen LogP contribution in [-0.2, 0) is 9.47 Å². The number of allylic oxidation sites excluding steroid dienone is 2. The van der Waals surface area contributed by atoms with Crippen LogP contribution in [0.3, 0.4) is 0 Å². The number of hydrogen-bond donors (Lipinski definition) is 0. The number of ether oxygens (including phenoxy) is 4. The molecule has 0 fully saturated rings. The van der Waals surface area contributed by atoms with Crippen molar-refractivity contribution in [2.24, 2.45) is 0 Å². The fourth-order valence-corrected chi connectivity index (χ4v) is 3.54. The van der Waals surface area contributed by atoms with Crippen LogP contribution in [0.25, 0.3) is 27.7 Å². The molecule has 0 unspecified atom stereocenters. The molecule has 0 amide bonds. The normalized spacial score (nSPS) is 11.2. The fraction of sp³-hybridized carbons (Fsp3) is 0.182. The van der Waals surface area contributed by atoms with Crippen molar-refractivity contribution in [3.8, 4) is 22.6 Å². The zero-order valence-corrected chi connectivity index (χ0v) is 17.6. The Morgan fingerprint density at radius 1 is 0.897 bits per heavy atom. The van der Waals surface area contributed by atoms with Gasteiger partial charge < -0.3 is 18.9 Å². The summed E-state index contributed by atoms with van der Waals surface area (Å²) < 4.78 is 30.6. The number of hydrogen-bond acceptors (Lipinski definition) is 7. The van der Waals surface area contributed by atoms with E-state index in [1.165, 1.54) is 0 Å². The van der Waals surface area contributed by atoms with Crippen LogP contribution in [0.15, 0.2) is 61.1 Å². The highest BCUT2D eigenvalue weighted by molar-refractivity contribution is 7.00. The first-order chi connectivity index (χ1) is 14.0. The molecule has 7 heteroatoms. The fourth-order valence-electron chi connectivity index (χ4n) is 2.96. The molecule has 0 atom stereocenters. The van der Waals surface area contributed by atoms with E-state index in [4.69, 9.17) is 18.9 Å². The molecular weight excluding hydrogens is 388 g/mol. The van der Waals surface area contributed by atoms with Gasteiger partial charge in [-0.05, 0) is 24.3 Å². The van der Waals surface area contributed by atoms with E-state index >= 15 is 0 Å². The molecule has 0 aliphatic carbocycles. The van der Waals surface area contributed by atoms with E-state index < -0.39 is 0 Å². The van der Waals surface area contributed by atoms with Crippen LogP contribution in [0.4, 0.5) is 0 Å². The first-order valence-corrected chi connectivity index (χ1v) is 9.43. The monoisotopic (exact) mass is 410 g/mol. The van der Waals surface area contributed by atoms with Gasteiger partial charge in [0.25, 0.3) is 0 Å². The van der Waals surface area contributed by atoms with Crippen LogP contribution in [0.1, 0.15) is 5.56 Å². The molecule has 0 saturated heterocycles. The molecule has 2 aromatic carbocycles. The molecule has 1 aromatic heterocycles. The van der Waals surface area contributed by atoms with Crippen LogP contribution >= 0.6 is 11.7 Å². The molecule has 0 spiro atoms. The third kappa shape index (κ3) is 3.95. The zero-order valence-electron chi connectivity index (χ0n) is 16.8. The molecule has 6 nitrogen and oxygen atoms in total. The largest absolute Gasteiger partial charge is 0.497 e. The van der Waals surface area contributed by atoms with E-state index in [9.17, 15) is 0 Å². The van der Waals surface area contributed by atoms with Crippen molar-refractivity contribution in [1.82, 2.24) is 8.75 Å². The molecule has 0 bridgehead atoms. The summed E-state index contributed by atoms with van der Waals surface area (Å²) >= 11 is 1.14. The molecule has 3 rings (SSSR count). The van der Waals surface area contributed by atoms with Crippen LogP contribution in [-0.4, -0.2) is 37.2 Å². The lowest BCUT2D eigenvalue weighted by molar-refractivity contribution is 0.304. The second kappa shape index (κ2) is 8.79. The molecule has 29 heavy (non-hydrogen) atoms. The summed E-state index contributed by atoms with van der Waals surface area (Å²) in [4.78, 5) is 0. The van der Waals surface area contributed by atoms with Gasteiger partial charge in [0.2, 0.25) is 0 Å². The van der Waals surface area contributed by atoms with Crippen molar-refractivity contribution in [3.05, 3.63) is 66.6 Å². The summed E-state index contributed by atoms with van der Waals surface area (Å²) in [6.45, 7) is 7.86. The van der Waals surface area contributed by atoms with Gasteiger partial charge in [0.05, 0.1) is 40.2 Å². The molecule has 0 saturated carbocycles. The Balaban J connectivity index is 2.25. The van der Waals surface area contributed by atoms with Crippen LogP contribution < -0.4 is 9.47 Å². The predicted octanol–water partition coefficient (Wildman–Crippen LogP) is 5.08. The molecule has 0 N–H and O–H groups in total. The standard InChI is InChI=1S/C22H22N2O4S/c1-13(25-3)11-18(14(2)26-4)16-8-9-17(22-21(16)23-29-24-22)19-12-15(27-5)7-10-20(19)28-6/h7-12H,1-2H2,3-6H3/b18-11+. The minimum atomic E-state index is 0.476. The molecule has 0 radical (unpaired) electrons. The highest BCUT2D eigenvalue weighted by Crippen LogP contribution is 2.40. The van der Waals surface area contributed by atoms with E-state index in [1.807, 2.05) is 30.3 Å². The van der Waals surface area contributed by atoms with Gasteiger partial charge in [0.1, 0.15) is 34.1 Å². The van der Waals surface area contributed by atoms with E-state index in [0.29, 0.717) is 11.5 Å². The van der Waals surface area contributed by atoms with Crippen molar-refractivity contribution < 1.29 is 18.9 Å². The maximum absolute atomic E-state index is 5.55. The van der Waals surface area contributed by atoms with E-state index in [-0.39, 0.29) is 0 Å². The van der Waals surface area contributed by atoms with E-state index in [2.05, 4.69) is 21.9 Å². The topological polar surface area (TPSA) is 62.7 Å². The second-order valence-electron chi connectivity index (χ2n) is 6.04. The molecule has 0 aliphatic heterocycles. The lowest BCUT2D eigenvalue weighted by atomic mass is 9.96. The number of rotatable bonds is 8. The van der Waals surface area contributed by atoms with Gasteiger partial charge in [-0.1, -0.05) is 25.3 Å². The van der Waals surface area contributed by atoms with E-state index in [0.717, 1.165) is 56.5 Å². The lowest BCUT2D eigenvalue weighted by Crippen LogP contribution is -1.96.